The minimum Gasteiger partial charge on any atom is -0.854 e. The molecule has 0 bridgehead atoms. The molecule has 0 spiro atoms. The zero-order valence-electron chi connectivity index (χ0n) is 11.2. The van der Waals surface area contributed by atoms with Gasteiger partial charge in [0.25, 0.3) is 0 Å². The van der Waals surface area contributed by atoms with Crippen molar-refractivity contribution in [1.29, 1.82) is 0 Å². The molecule has 16 heavy (non-hydrogen) atoms. The Hall–Kier alpha value is 0.372. The van der Waals surface area contributed by atoms with Crippen molar-refractivity contribution in [3.63, 3.8) is 0 Å². The molecule has 0 heterocycles. The van der Waals surface area contributed by atoms with Crippen molar-refractivity contribution in [3.05, 3.63) is 0 Å². The van der Waals surface area contributed by atoms with E-state index in [0.29, 0.717) is 0 Å². The summed E-state index contributed by atoms with van der Waals surface area (Å²) in [7, 11) is 0. The van der Waals surface area contributed by atoms with E-state index >= 15 is 0 Å². The number of hydrogen-bond donors (Lipinski definition) is 1. The van der Waals surface area contributed by atoms with E-state index in [1.54, 1.807) is 6.92 Å². The largest absolute Gasteiger partial charge is 3.00 e. The summed E-state index contributed by atoms with van der Waals surface area (Å²) in [6, 6.07) is 0. The van der Waals surface area contributed by atoms with Crippen LogP contribution in [0.3, 0.4) is 0 Å². The molecule has 1 N–H and O–H groups in total. The monoisotopic (exact) mass is 250 g/mol. The summed E-state index contributed by atoms with van der Waals surface area (Å²) >= 11 is 0. The van der Waals surface area contributed by atoms with Crippen molar-refractivity contribution < 1.29 is 20.4 Å². The van der Waals surface area contributed by atoms with Crippen molar-refractivity contribution in [2.75, 3.05) is 26.4 Å². The van der Waals surface area contributed by atoms with E-state index in [9.17, 15) is 15.3 Å². The number of hydrogen-bond acceptors (Lipinski definition) is 4. The average molecular weight is 250 g/mol. The summed E-state index contributed by atoms with van der Waals surface area (Å²) in [6.07, 6.45) is 2.29. The van der Waals surface area contributed by atoms with Crippen molar-refractivity contribution in [2.24, 2.45) is 0 Å². The molecule has 0 rings (SSSR count). The summed E-state index contributed by atoms with van der Waals surface area (Å²) in [5.74, 6) is 0. The summed E-state index contributed by atoms with van der Waals surface area (Å²) < 4.78 is 0. The first-order valence-electron chi connectivity index (χ1n) is 5.51. The van der Waals surface area contributed by atoms with Crippen molar-refractivity contribution in [3.8, 4) is 0 Å². The van der Waals surface area contributed by atoms with Crippen LogP contribution in [0.4, 0.5) is 0 Å². The van der Waals surface area contributed by atoms with Crippen molar-refractivity contribution in [2.45, 2.75) is 47.0 Å². The van der Waals surface area contributed by atoms with Gasteiger partial charge in [0, 0.05) is 6.61 Å². The van der Waals surface area contributed by atoms with Gasteiger partial charge < -0.3 is 20.4 Å². The van der Waals surface area contributed by atoms with Gasteiger partial charge in [-0.05, 0) is 6.92 Å². The van der Waals surface area contributed by atoms with Crippen molar-refractivity contribution >= 4 is 17.4 Å². The summed E-state index contributed by atoms with van der Waals surface area (Å²) in [5, 5.41) is 35.5. The van der Waals surface area contributed by atoms with Crippen LogP contribution in [0, 0.1) is 0 Å². The van der Waals surface area contributed by atoms with Gasteiger partial charge in [-0.25, -0.2) is 0 Å². The van der Waals surface area contributed by atoms with Gasteiger partial charge in [-0.15, -0.1) is 19.8 Å². The molecule has 0 aliphatic rings. The third-order valence-electron chi connectivity index (χ3n) is 0.612. The van der Waals surface area contributed by atoms with Gasteiger partial charge in [-0.1, -0.05) is 40.0 Å². The van der Waals surface area contributed by atoms with Crippen LogP contribution in [0.1, 0.15) is 47.0 Å². The van der Waals surface area contributed by atoms with Crippen LogP contribution in [-0.4, -0.2) is 48.9 Å². The number of rotatable bonds is 3. The number of aliphatic hydroxyl groups excluding tert-OH is 1. The zero-order chi connectivity index (χ0) is 12.9. The van der Waals surface area contributed by atoms with Crippen LogP contribution < -0.4 is 15.3 Å². The van der Waals surface area contributed by atoms with Gasteiger partial charge in [0.15, 0.2) is 0 Å². The molecule has 0 aliphatic heterocycles. The van der Waals surface area contributed by atoms with Crippen LogP contribution in [0.5, 0.6) is 0 Å². The van der Waals surface area contributed by atoms with Gasteiger partial charge in [0.2, 0.25) is 0 Å². The molecule has 0 saturated carbocycles. The molecule has 5 heteroatoms. The summed E-state index contributed by atoms with van der Waals surface area (Å²) in [5.41, 5.74) is 0. The molecule has 4 nitrogen and oxygen atoms in total. The van der Waals surface area contributed by atoms with Crippen LogP contribution in [0.15, 0.2) is 0 Å². The second-order valence-corrected chi connectivity index (χ2v) is 2.43. The molecule has 0 aromatic rings. The fourth-order valence-electron chi connectivity index (χ4n) is 0. The Morgan fingerprint density at radius 2 is 0.750 bits per heavy atom. The topological polar surface area (TPSA) is 89.4 Å². The molecule has 98 valence electrons. The van der Waals surface area contributed by atoms with Gasteiger partial charge in [-0.3, -0.25) is 0 Å². The van der Waals surface area contributed by atoms with E-state index in [4.69, 9.17) is 5.11 Å². The Labute approximate surface area is 111 Å². The quantitative estimate of drug-likeness (QED) is 0.643. The van der Waals surface area contributed by atoms with Gasteiger partial charge in [-0.2, -0.15) is 0 Å². The van der Waals surface area contributed by atoms with Crippen LogP contribution in [-0.2, 0) is 0 Å². The molecular weight excluding hydrogens is 223 g/mol. The third kappa shape index (κ3) is 226. The molecule has 0 aliphatic carbocycles. The molecule has 0 aromatic heterocycles. The summed E-state index contributed by atoms with van der Waals surface area (Å²) in [6.45, 7) is 7.74. The van der Waals surface area contributed by atoms with Gasteiger partial charge in [0.05, 0.1) is 0 Å². The zero-order valence-corrected chi connectivity index (χ0v) is 12.4. The maximum Gasteiger partial charge on any atom is 3.00 e. The second-order valence-electron chi connectivity index (χ2n) is 2.43. The molecule has 0 fully saturated rings. The Morgan fingerprint density at radius 3 is 0.750 bits per heavy atom. The SMILES string of the molecule is CCC[O-].CCC[O-].CCC[O-].CCO.[Al+3]. The van der Waals surface area contributed by atoms with E-state index in [1.807, 2.05) is 20.8 Å². The maximum absolute atomic E-state index is 9.30. The van der Waals surface area contributed by atoms with E-state index < -0.39 is 0 Å². The van der Waals surface area contributed by atoms with Crippen LogP contribution in [0.25, 0.3) is 0 Å². The smallest absolute Gasteiger partial charge is 0.854 e. The summed E-state index contributed by atoms with van der Waals surface area (Å²) in [4.78, 5) is 0. The molecule has 0 atom stereocenters. The van der Waals surface area contributed by atoms with E-state index in [-0.39, 0.29) is 43.8 Å². The van der Waals surface area contributed by atoms with Crippen LogP contribution in [0.2, 0.25) is 0 Å². The third-order valence-corrected chi connectivity index (χ3v) is 0.612. The first-order chi connectivity index (χ1) is 7.16. The number of aliphatic hydroxyl groups is 1. The Balaban J connectivity index is -0.0000000331. The molecule has 0 aromatic carbocycles. The van der Waals surface area contributed by atoms with Gasteiger partial charge in [0.1, 0.15) is 0 Å². The predicted octanol–water partition coefficient (Wildman–Crippen LogP) is -1.11. The van der Waals surface area contributed by atoms with Crippen molar-refractivity contribution in [1.82, 2.24) is 0 Å². The fourth-order valence-corrected chi connectivity index (χ4v) is 0. The molecule has 0 saturated heterocycles. The normalized spacial score (nSPS) is 6.75. The Kier molecular flexibility index (Phi) is 109. The fraction of sp³-hybridized carbons (Fsp3) is 1.00. The van der Waals surface area contributed by atoms with E-state index in [2.05, 4.69) is 0 Å². The first-order valence-corrected chi connectivity index (χ1v) is 5.51. The second kappa shape index (κ2) is 58.4. The minimum atomic E-state index is 0. The first kappa shape index (κ1) is 29.9. The standard InChI is InChI=1S/3C3H7O.C2H6O.Al/c3*1-2-3-4;1-2-3;/h3*2-3H2,1H3;3H,2H2,1H3;/q3*-1;;+3. The average Bonchev–Trinajstić information content (AvgIpc) is 2.30. The Morgan fingerprint density at radius 1 is 0.688 bits per heavy atom. The van der Waals surface area contributed by atoms with E-state index in [0.717, 1.165) is 19.3 Å². The minimum absolute atomic E-state index is 0. The molecular formula is C11H27AlO4. The maximum atomic E-state index is 9.30. The Bertz CT molecular complexity index is 41.7. The molecule has 0 amide bonds. The molecule has 0 unspecified atom stereocenters. The van der Waals surface area contributed by atoms with Crippen LogP contribution >= 0.6 is 0 Å². The van der Waals surface area contributed by atoms with E-state index in [1.165, 1.54) is 0 Å². The predicted molar refractivity (Wildman–Crippen MR) is 64.0 cm³/mol. The molecule has 0 radical (unpaired) electrons. The van der Waals surface area contributed by atoms with Gasteiger partial charge >= 0.3 is 17.4 Å².